The number of rotatable bonds is 4. The number of ketones is 2. The summed E-state index contributed by atoms with van der Waals surface area (Å²) in [6.45, 7) is 2.60. The molecule has 0 bridgehead atoms. The predicted octanol–water partition coefficient (Wildman–Crippen LogP) is 2.46. The largest absolute Gasteiger partial charge is 0.459 e. The standard InChI is InChI=1S/C19H19NO4/c21-10-4-3-8-20-9-7-14-15(11-20)24-19-13-6-2-1-5-12(13)17(22)18(23)16(14)19/h1-2,5-6,21H,3-4,7-11H2. The maximum Gasteiger partial charge on any atom is 0.237 e. The normalized spacial score (nSPS) is 16.7. The van der Waals surface area contributed by atoms with Crippen LogP contribution in [-0.4, -0.2) is 41.3 Å². The van der Waals surface area contributed by atoms with Crippen molar-refractivity contribution in [3.8, 4) is 11.3 Å². The van der Waals surface area contributed by atoms with E-state index in [1.165, 1.54) is 0 Å². The van der Waals surface area contributed by atoms with Gasteiger partial charge in [0.15, 0.2) is 0 Å². The molecular weight excluding hydrogens is 306 g/mol. The number of carbonyl (C=O) groups excluding carboxylic acids is 2. The van der Waals surface area contributed by atoms with Crippen molar-refractivity contribution in [2.45, 2.75) is 25.8 Å². The number of furan rings is 1. The van der Waals surface area contributed by atoms with Gasteiger partial charge in [0.1, 0.15) is 11.5 Å². The SMILES string of the molecule is O=C1C(=O)c2c(oc3c2CCN(CCCCO)C3)-c2ccccc21. The summed E-state index contributed by atoms with van der Waals surface area (Å²) in [7, 11) is 0. The summed E-state index contributed by atoms with van der Waals surface area (Å²) < 4.78 is 6.05. The van der Waals surface area contributed by atoms with Crippen molar-refractivity contribution in [1.82, 2.24) is 4.90 Å². The Hall–Kier alpha value is -2.24. The van der Waals surface area contributed by atoms with E-state index in [4.69, 9.17) is 9.52 Å². The molecule has 24 heavy (non-hydrogen) atoms. The molecule has 0 spiro atoms. The molecular formula is C19H19NO4. The number of Topliss-reactive ketones (excluding diaryl/α,β-unsaturated/α-hetero) is 2. The molecule has 2 aromatic rings. The van der Waals surface area contributed by atoms with Crippen molar-refractivity contribution in [3.05, 3.63) is 46.7 Å². The summed E-state index contributed by atoms with van der Waals surface area (Å²) in [5.41, 5.74) is 2.53. The highest BCUT2D eigenvalue weighted by Crippen LogP contribution is 2.40. The summed E-state index contributed by atoms with van der Waals surface area (Å²) in [6.07, 6.45) is 2.44. The van der Waals surface area contributed by atoms with Crippen molar-refractivity contribution >= 4 is 11.6 Å². The summed E-state index contributed by atoms with van der Waals surface area (Å²) in [5, 5.41) is 8.90. The van der Waals surface area contributed by atoms with Crippen LogP contribution in [0.2, 0.25) is 0 Å². The second kappa shape index (κ2) is 6.00. The number of nitrogens with zero attached hydrogens (tertiary/aromatic N) is 1. The van der Waals surface area contributed by atoms with Gasteiger partial charge in [-0.3, -0.25) is 14.5 Å². The van der Waals surface area contributed by atoms with Gasteiger partial charge in [0.25, 0.3) is 0 Å². The highest BCUT2D eigenvalue weighted by Gasteiger charge is 2.38. The zero-order valence-corrected chi connectivity index (χ0v) is 13.4. The highest BCUT2D eigenvalue weighted by atomic mass is 16.3. The van der Waals surface area contributed by atoms with Crippen LogP contribution >= 0.6 is 0 Å². The van der Waals surface area contributed by atoms with Crippen LogP contribution in [0.3, 0.4) is 0 Å². The van der Waals surface area contributed by atoms with E-state index >= 15 is 0 Å². The fourth-order valence-corrected chi connectivity index (χ4v) is 3.64. The molecule has 1 aromatic heterocycles. The molecule has 5 heteroatoms. The lowest BCUT2D eigenvalue weighted by molar-refractivity contribution is 0.0814. The van der Waals surface area contributed by atoms with Gasteiger partial charge in [0.05, 0.1) is 12.1 Å². The lowest BCUT2D eigenvalue weighted by Crippen LogP contribution is -2.32. The average Bonchev–Trinajstić information content (AvgIpc) is 2.99. The van der Waals surface area contributed by atoms with E-state index in [1.807, 2.05) is 12.1 Å². The number of aliphatic hydroxyl groups excluding tert-OH is 1. The van der Waals surface area contributed by atoms with Crippen molar-refractivity contribution in [2.75, 3.05) is 19.7 Å². The first-order chi connectivity index (χ1) is 11.7. The third kappa shape index (κ3) is 2.32. The Kier molecular flexibility index (Phi) is 3.82. The number of unbranched alkanes of at least 4 members (excludes halogenated alkanes) is 1. The number of carbonyl (C=O) groups is 2. The quantitative estimate of drug-likeness (QED) is 0.691. The van der Waals surface area contributed by atoms with Crippen LogP contribution in [0.5, 0.6) is 0 Å². The zero-order valence-electron chi connectivity index (χ0n) is 13.4. The third-order valence-corrected chi connectivity index (χ3v) is 4.87. The van der Waals surface area contributed by atoms with E-state index in [0.717, 1.165) is 42.8 Å². The van der Waals surface area contributed by atoms with Gasteiger partial charge in [-0.1, -0.05) is 24.3 Å². The molecule has 1 aliphatic heterocycles. The molecule has 4 rings (SSSR count). The lowest BCUT2D eigenvalue weighted by atomic mass is 9.85. The molecule has 124 valence electrons. The topological polar surface area (TPSA) is 70.8 Å². The minimum atomic E-state index is -0.442. The van der Waals surface area contributed by atoms with Crippen LogP contribution in [-0.2, 0) is 13.0 Å². The van der Waals surface area contributed by atoms with Crippen LogP contribution < -0.4 is 0 Å². The van der Waals surface area contributed by atoms with E-state index in [9.17, 15) is 9.59 Å². The molecule has 2 heterocycles. The van der Waals surface area contributed by atoms with Gasteiger partial charge in [0, 0.05) is 29.8 Å². The first-order valence-corrected chi connectivity index (χ1v) is 8.37. The zero-order chi connectivity index (χ0) is 16.7. The van der Waals surface area contributed by atoms with Gasteiger partial charge in [-0.05, 0) is 25.8 Å². The summed E-state index contributed by atoms with van der Waals surface area (Å²) >= 11 is 0. The van der Waals surface area contributed by atoms with Crippen LogP contribution in [0.1, 0.15) is 44.9 Å². The second-order valence-electron chi connectivity index (χ2n) is 6.37. The van der Waals surface area contributed by atoms with Gasteiger partial charge in [-0.15, -0.1) is 0 Å². The molecule has 0 saturated carbocycles. The van der Waals surface area contributed by atoms with E-state index in [1.54, 1.807) is 12.1 Å². The van der Waals surface area contributed by atoms with Gasteiger partial charge in [-0.25, -0.2) is 0 Å². The molecule has 1 aromatic carbocycles. The Balaban J connectivity index is 1.70. The van der Waals surface area contributed by atoms with Crippen molar-refractivity contribution in [1.29, 1.82) is 0 Å². The first kappa shape index (κ1) is 15.3. The van der Waals surface area contributed by atoms with Crippen molar-refractivity contribution < 1.29 is 19.1 Å². The fourth-order valence-electron chi connectivity index (χ4n) is 3.64. The second-order valence-corrected chi connectivity index (χ2v) is 6.37. The molecule has 0 atom stereocenters. The van der Waals surface area contributed by atoms with Crippen LogP contribution in [0.15, 0.2) is 28.7 Å². The highest BCUT2D eigenvalue weighted by molar-refractivity contribution is 6.53. The Morgan fingerprint density at radius 2 is 1.88 bits per heavy atom. The monoisotopic (exact) mass is 325 g/mol. The Labute approximate surface area is 139 Å². The number of aliphatic hydroxyl groups is 1. The van der Waals surface area contributed by atoms with Crippen LogP contribution in [0.4, 0.5) is 0 Å². The molecule has 0 amide bonds. The summed E-state index contributed by atoms with van der Waals surface area (Å²) in [4.78, 5) is 27.2. The minimum Gasteiger partial charge on any atom is -0.459 e. The summed E-state index contributed by atoms with van der Waals surface area (Å²) in [5.74, 6) is 0.472. The van der Waals surface area contributed by atoms with Crippen molar-refractivity contribution in [3.63, 3.8) is 0 Å². The Morgan fingerprint density at radius 3 is 2.67 bits per heavy atom. The first-order valence-electron chi connectivity index (χ1n) is 8.37. The average molecular weight is 325 g/mol. The molecule has 0 fully saturated rings. The fraction of sp³-hybridized carbons (Fsp3) is 0.368. The number of hydrogen-bond acceptors (Lipinski definition) is 5. The number of benzene rings is 1. The molecule has 0 saturated heterocycles. The van der Waals surface area contributed by atoms with E-state index in [0.29, 0.717) is 29.9 Å². The van der Waals surface area contributed by atoms with Gasteiger partial charge < -0.3 is 9.52 Å². The Morgan fingerprint density at radius 1 is 1.08 bits per heavy atom. The molecule has 0 unspecified atom stereocenters. The van der Waals surface area contributed by atoms with Crippen molar-refractivity contribution in [2.24, 2.45) is 0 Å². The smallest absolute Gasteiger partial charge is 0.237 e. The minimum absolute atomic E-state index is 0.210. The molecule has 1 aliphatic carbocycles. The van der Waals surface area contributed by atoms with Gasteiger partial charge in [-0.2, -0.15) is 0 Å². The third-order valence-electron chi connectivity index (χ3n) is 4.87. The number of hydrogen-bond donors (Lipinski definition) is 1. The Bertz CT molecular complexity index is 821. The maximum absolute atomic E-state index is 12.6. The molecule has 1 N–H and O–H groups in total. The molecule has 5 nitrogen and oxygen atoms in total. The van der Waals surface area contributed by atoms with Gasteiger partial charge in [0.2, 0.25) is 11.6 Å². The van der Waals surface area contributed by atoms with E-state index < -0.39 is 11.6 Å². The summed E-state index contributed by atoms with van der Waals surface area (Å²) in [6, 6.07) is 7.14. The molecule has 2 aliphatic rings. The lowest BCUT2D eigenvalue weighted by Gasteiger charge is -2.25. The van der Waals surface area contributed by atoms with Crippen LogP contribution in [0, 0.1) is 0 Å². The molecule has 0 radical (unpaired) electrons. The van der Waals surface area contributed by atoms with E-state index in [2.05, 4.69) is 4.90 Å². The van der Waals surface area contributed by atoms with E-state index in [-0.39, 0.29) is 6.61 Å². The maximum atomic E-state index is 12.6. The number of fused-ring (bicyclic) bond motifs is 5. The predicted molar refractivity (Wildman–Crippen MR) is 88.1 cm³/mol. The van der Waals surface area contributed by atoms with Crippen LogP contribution in [0.25, 0.3) is 11.3 Å². The van der Waals surface area contributed by atoms with Gasteiger partial charge >= 0.3 is 0 Å².